The highest BCUT2D eigenvalue weighted by atomic mass is 16.8. The first-order valence-corrected chi connectivity index (χ1v) is 30.0. The molecule has 0 spiro atoms. The van der Waals surface area contributed by atoms with Gasteiger partial charge in [0, 0.05) is 55.7 Å². The predicted octanol–water partition coefficient (Wildman–Crippen LogP) is 7.86. The number of carbonyl (C=O) groups excluding carboxylic acids is 2. The molecule has 3 aliphatic heterocycles. The molecule has 2 saturated heterocycles. The second-order valence-corrected chi connectivity index (χ2v) is 21.9. The highest BCUT2D eigenvalue weighted by Gasteiger charge is 2.62. The van der Waals surface area contributed by atoms with Crippen LogP contribution >= 0.6 is 0 Å². The fraction of sp³-hybridized carbons (Fsp3) is 0.429. The average Bonchev–Trinajstić information content (AvgIpc) is 2.34. The minimum Gasteiger partial charge on any atom is -0.375 e. The highest BCUT2D eigenvalue weighted by Crippen LogP contribution is 2.42. The lowest BCUT2D eigenvalue weighted by molar-refractivity contribution is -0.395. The largest absolute Gasteiger partial charge is 0.375 e. The fourth-order valence-corrected chi connectivity index (χ4v) is 11.4. The number of hydrogen-bond acceptors (Lipinski definition) is 17. The van der Waals surface area contributed by atoms with Crippen molar-refractivity contribution in [1.29, 1.82) is 0 Å². The van der Waals surface area contributed by atoms with E-state index in [0.29, 0.717) is 0 Å². The first-order valence-electron chi connectivity index (χ1n) is 30.0. The Kier molecular flexibility index (Phi) is 25.9. The van der Waals surface area contributed by atoms with Crippen LogP contribution in [0.4, 0.5) is 0 Å². The number of benzene rings is 6. The zero-order chi connectivity index (χ0) is 62.2. The molecule has 0 radical (unpaired) electrons. The highest BCUT2D eigenvalue weighted by molar-refractivity contribution is 5.82. The Balaban J connectivity index is 1.23. The van der Waals surface area contributed by atoms with E-state index in [-0.39, 0.29) is 59.3 Å². The molecule has 3 aliphatic rings. The Morgan fingerprint density at radius 2 is 0.742 bits per heavy atom. The van der Waals surface area contributed by atoms with Gasteiger partial charge >= 0.3 is 0 Å². The predicted molar refractivity (Wildman–Crippen MR) is 328 cm³/mol. The summed E-state index contributed by atoms with van der Waals surface area (Å²) in [6.07, 6.45) is -11.8. The maximum Gasteiger partial charge on any atom is 0.252 e. The van der Waals surface area contributed by atoms with Crippen LogP contribution in [0.25, 0.3) is 0 Å². The summed E-state index contributed by atoms with van der Waals surface area (Å²) >= 11 is 0. The number of ether oxygens (including phenoxy) is 15. The Hall–Kier alpha value is -6.60. The summed E-state index contributed by atoms with van der Waals surface area (Å²) in [5, 5.41) is 6.23. The number of methoxy groups -OCH3 is 6. The maximum atomic E-state index is 15.0. The van der Waals surface area contributed by atoms with Crippen molar-refractivity contribution in [3.63, 3.8) is 0 Å². The molecule has 4 bridgehead atoms. The van der Waals surface area contributed by atoms with E-state index < -0.39 is 103 Å². The van der Waals surface area contributed by atoms with Gasteiger partial charge in [-0.2, -0.15) is 0 Å². The molecule has 2 fully saturated rings. The zero-order valence-electron chi connectivity index (χ0n) is 51.4. The summed E-state index contributed by atoms with van der Waals surface area (Å²) in [6, 6.07) is 58.4. The monoisotopic (exact) mass is 1220 g/mol. The molecule has 2 unspecified atom stereocenters. The lowest BCUT2D eigenvalue weighted by Gasteiger charge is -2.48. The van der Waals surface area contributed by atoms with Crippen LogP contribution in [0.5, 0.6) is 0 Å². The van der Waals surface area contributed by atoms with E-state index in [1.54, 1.807) is 12.2 Å². The van der Waals surface area contributed by atoms with Gasteiger partial charge in [0.15, 0.2) is 18.5 Å². The minimum atomic E-state index is -1.96. The average molecular weight is 1230 g/mol. The van der Waals surface area contributed by atoms with Gasteiger partial charge in [-0.25, -0.2) is 0 Å². The van der Waals surface area contributed by atoms with Crippen LogP contribution in [0.15, 0.2) is 194 Å². The summed E-state index contributed by atoms with van der Waals surface area (Å²) < 4.78 is 101. The van der Waals surface area contributed by atoms with Gasteiger partial charge in [0.25, 0.3) is 11.8 Å². The normalized spacial score (nSPS) is 29.1. The van der Waals surface area contributed by atoms with Crippen LogP contribution in [0.1, 0.15) is 33.4 Å². The van der Waals surface area contributed by atoms with E-state index >= 15 is 0 Å². The summed E-state index contributed by atoms with van der Waals surface area (Å²) in [4.78, 5) is 29.9. The molecule has 0 aromatic heterocycles. The number of carbonyl (C=O) groups is 2. The van der Waals surface area contributed by atoms with Crippen LogP contribution in [0.2, 0.25) is 0 Å². The third-order valence-corrected chi connectivity index (χ3v) is 16.0. The summed E-state index contributed by atoms with van der Waals surface area (Å²) in [6.45, 7) is -0.0209. The van der Waals surface area contributed by atoms with Crippen molar-refractivity contribution in [1.82, 2.24) is 10.6 Å². The number of rotatable bonds is 25. The van der Waals surface area contributed by atoms with Gasteiger partial charge in [-0.1, -0.05) is 194 Å². The quantitative estimate of drug-likeness (QED) is 0.0525. The third kappa shape index (κ3) is 18.1. The maximum absolute atomic E-state index is 15.0. The molecule has 2 amide bonds. The van der Waals surface area contributed by atoms with Gasteiger partial charge in [0.2, 0.25) is 5.79 Å². The van der Waals surface area contributed by atoms with Gasteiger partial charge in [-0.15, -0.1) is 0 Å². The summed E-state index contributed by atoms with van der Waals surface area (Å²) in [5.41, 5.74) is 5.18. The molecular formula is C70H84N2O17. The molecule has 3 heterocycles. The van der Waals surface area contributed by atoms with Crippen LogP contribution in [0, 0.1) is 0 Å². The van der Waals surface area contributed by atoms with Crippen LogP contribution in [-0.4, -0.2) is 166 Å². The Labute approximate surface area is 522 Å². The fourth-order valence-electron chi connectivity index (χ4n) is 11.4. The van der Waals surface area contributed by atoms with Gasteiger partial charge < -0.3 is 81.7 Å². The van der Waals surface area contributed by atoms with Gasteiger partial charge in [-0.3, -0.25) is 9.59 Å². The molecule has 0 saturated carbocycles. The van der Waals surface area contributed by atoms with E-state index in [1.807, 2.05) is 182 Å². The molecule has 0 aliphatic carbocycles. The van der Waals surface area contributed by atoms with E-state index in [2.05, 4.69) is 10.6 Å². The van der Waals surface area contributed by atoms with E-state index in [1.165, 1.54) is 42.7 Å². The smallest absolute Gasteiger partial charge is 0.252 e. The Morgan fingerprint density at radius 3 is 1.13 bits per heavy atom. The van der Waals surface area contributed by atoms with Crippen molar-refractivity contribution in [2.24, 2.45) is 0 Å². The minimum absolute atomic E-state index is 0.0650. The van der Waals surface area contributed by atoms with Gasteiger partial charge in [0.1, 0.15) is 73.8 Å². The SMILES string of the molecule is COC1[C@H](OC)/C=C/C(OC)[C@H](OC)[C@@H](OC)C(=O)NC[C@H]2O[C@@](COCc3ccccc3)(O[C@H]3O[C@H](CNC(=O)[C@@H]1OC)[C@@H](OCc1ccccc1)[C@H](OCc1ccccc1)[C@H]3OCc1ccccc1)[C@@H](OCc1ccccc1)[C@@H]2OCc1ccccc1. The molecule has 19 nitrogen and oxygen atoms in total. The number of hydrogen-bond donors (Lipinski definition) is 2. The number of nitrogens with one attached hydrogen (secondary N) is 2. The first-order chi connectivity index (χ1) is 43.7. The third-order valence-electron chi connectivity index (χ3n) is 16.0. The molecule has 2 N–H and O–H groups in total. The number of fused-ring (bicyclic) bond motifs is 4. The van der Waals surface area contributed by atoms with Crippen molar-refractivity contribution in [3.8, 4) is 0 Å². The number of amides is 2. The molecule has 15 atom stereocenters. The van der Waals surface area contributed by atoms with Crippen molar-refractivity contribution in [2.45, 2.75) is 131 Å². The van der Waals surface area contributed by atoms with Crippen LogP contribution in [0.3, 0.4) is 0 Å². The first kappa shape index (κ1) is 66.8. The van der Waals surface area contributed by atoms with Crippen LogP contribution < -0.4 is 10.6 Å². The van der Waals surface area contributed by atoms with Crippen molar-refractivity contribution < 1.29 is 80.6 Å². The molecule has 89 heavy (non-hydrogen) atoms. The van der Waals surface area contributed by atoms with E-state index in [0.717, 1.165) is 33.4 Å². The van der Waals surface area contributed by atoms with Crippen LogP contribution in [-0.2, 0) is 120 Å². The molecule has 9 rings (SSSR count). The second kappa shape index (κ2) is 34.6. The Bertz CT molecular complexity index is 3010. The summed E-state index contributed by atoms with van der Waals surface area (Å²) in [5.74, 6) is -3.09. The standard InChI is InChI=1S/C70H84N2O17/c1-75-54-37-38-55(76-2)59(78-4)64(80-6)68(74)72-40-57-61(83-43-50-29-17-9-18-30-50)66(86-46-53-35-23-12-24-36-53)70(88-57,47-81-41-48-25-13-7-14-26-48)89-69-65(85-45-52-33-21-11-22-34-52)62(84-44-51-31-19-10-20-32-51)60(82-42-49-27-15-8-16-28-49)56(87-69)39-71-67(73)63(79-5)58(54)77-3/h7-38,54-66,69H,39-47H2,1-6H3,(H,71,73)(H,72,74)/b38-37+/t54-,55?,56-,57-,58?,59+,60-,61-,62+,63-,64-,65-,66+,69-,70+/m1/s1. The second-order valence-electron chi connectivity index (χ2n) is 21.9. The summed E-state index contributed by atoms with van der Waals surface area (Å²) in [7, 11) is 8.68. The molecular weight excluding hydrogens is 1140 g/mol. The van der Waals surface area contributed by atoms with E-state index in [4.69, 9.17) is 71.1 Å². The topological polar surface area (TPSA) is 197 Å². The molecule has 6 aromatic rings. The van der Waals surface area contributed by atoms with Crippen molar-refractivity contribution in [3.05, 3.63) is 228 Å². The molecule has 6 aromatic carbocycles. The van der Waals surface area contributed by atoms with Crippen molar-refractivity contribution in [2.75, 3.05) is 62.4 Å². The lowest BCUT2D eigenvalue weighted by atomic mass is 9.96. The Morgan fingerprint density at radius 1 is 0.382 bits per heavy atom. The molecule has 476 valence electrons. The molecule has 19 heteroatoms. The lowest BCUT2D eigenvalue weighted by Crippen LogP contribution is -2.66. The van der Waals surface area contributed by atoms with E-state index in [9.17, 15) is 9.59 Å². The van der Waals surface area contributed by atoms with Gasteiger partial charge in [0.05, 0.1) is 39.6 Å². The van der Waals surface area contributed by atoms with Crippen molar-refractivity contribution >= 4 is 11.8 Å². The van der Waals surface area contributed by atoms with Gasteiger partial charge in [-0.05, 0) is 33.4 Å². The zero-order valence-corrected chi connectivity index (χ0v) is 51.4.